The van der Waals surface area contributed by atoms with Gasteiger partial charge in [0, 0.05) is 39.2 Å². The van der Waals surface area contributed by atoms with Crippen LogP contribution in [0, 0.1) is 17.8 Å². The van der Waals surface area contributed by atoms with Crippen LogP contribution in [0.3, 0.4) is 0 Å². The summed E-state index contributed by atoms with van der Waals surface area (Å²) in [6.45, 7) is 14.0. The normalized spacial score (nSPS) is 39.1. The van der Waals surface area contributed by atoms with Crippen LogP contribution in [-0.2, 0) is 57.1 Å². The standard InChI is InChI=1S/C43H71NO15/c1-12-32(47)56-31-22-34(49)53-26(5)21-30(46)16-14-13-15-25(4)20-29(17-18-45)39(40(31)52-11)59-42-37(50)36(44(9)10)38(27(6)55-42)58-35-23-43(8,51)41(28(7)54-35)57-33(48)19-24(2)3/h13-16,18,24-31,35-42,46,50-51H,12,17,19-23H2,1-11H3. The van der Waals surface area contributed by atoms with Gasteiger partial charge in [-0.05, 0) is 66.0 Å². The number of methoxy groups -OCH3 is 1. The molecule has 16 atom stereocenters. The number of esters is 3. The van der Waals surface area contributed by atoms with Crippen molar-refractivity contribution in [3.8, 4) is 0 Å². The van der Waals surface area contributed by atoms with E-state index in [1.54, 1.807) is 71.8 Å². The van der Waals surface area contributed by atoms with E-state index in [4.69, 9.17) is 37.9 Å². The number of carbonyl (C=O) groups is 4. The van der Waals surface area contributed by atoms with E-state index in [9.17, 15) is 34.5 Å². The highest BCUT2D eigenvalue weighted by molar-refractivity contribution is 5.72. The van der Waals surface area contributed by atoms with Gasteiger partial charge in [-0.2, -0.15) is 0 Å². The van der Waals surface area contributed by atoms with Crippen LogP contribution >= 0.6 is 0 Å². The Kier molecular flexibility index (Phi) is 20.1. The summed E-state index contributed by atoms with van der Waals surface area (Å²) in [6, 6.07) is -0.764. The molecule has 3 aliphatic rings. The Morgan fingerprint density at radius 2 is 1.64 bits per heavy atom. The zero-order valence-electron chi connectivity index (χ0n) is 36.8. The molecule has 338 valence electrons. The molecule has 59 heavy (non-hydrogen) atoms. The fourth-order valence-electron chi connectivity index (χ4n) is 8.21. The third kappa shape index (κ3) is 15.0. The summed E-state index contributed by atoms with van der Waals surface area (Å²) in [5.74, 6) is -2.40. The predicted molar refractivity (Wildman–Crippen MR) is 214 cm³/mol. The van der Waals surface area contributed by atoms with Crippen LogP contribution in [0.1, 0.15) is 100 Å². The molecule has 0 aliphatic carbocycles. The number of hydrogen-bond donors (Lipinski definition) is 3. The Bertz CT molecular complexity index is 1400. The molecular weight excluding hydrogens is 770 g/mol. The Balaban J connectivity index is 1.98. The van der Waals surface area contributed by atoms with Crippen LogP contribution in [-0.4, -0.2) is 151 Å². The lowest BCUT2D eigenvalue weighted by Crippen LogP contribution is -2.66. The highest BCUT2D eigenvalue weighted by atomic mass is 16.7. The summed E-state index contributed by atoms with van der Waals surface area (Å²) in [5, 5.41) is 34.0. The van der Waals surface area contributed by atoms with Gasteiger partial charge >= 0.3 is 17.9 Å². The number of aliphatic hydroxyl groups is 3. The van der Waals surface area contributed by atoms with Crippen molar-refractivity contribution in [2.24, 2.45) is 17.8 Å². The van der Waals surface area contributed by atoms with Gasteiger partial charge in [0.1, 0.15) is 42.4 Å². The SMILES string of the molecule is CCC(=O)OC1CC(=O)OC(C)CC(O)C=CC=CC(C)CC(CC=O)C(OC2OC(C)C(OC3CC(C)(O)C(OC(=O)CC(C)C)C(C)O3)C(N(C)C)C2O)C1OC. The van der Waals surface area contributed by atoms with Gasteiger partial charge in [-0.1, -0.05) is 52.0 Å². The highest BCUT2D eigenvalue weighted by Gasteiger charge is 2.53. The zero-order chi connectivity index (χ0) is 44.2. The molecule has 16 nitrogen and oxygen atoms in total. The number of aliphatic hydroxyl groups excluding tert-OH is 2. The van der Waals surface area contributed by atoms with E-state index in [0.717, 1.165) is 6.29 Å². The van der Waals surface area contributed by atoms with Crippen molar-refractivity contribution in [3.63, 3.8) is 0 Å². The maximum absolute atomic E-state index is 13.4. The second-order valence-corrected chi connectivity index (χ2v) is 17.2. The molecule has 0 bridgehead atoms. The van der Waals surface area contributed by atoms with Crippen LogP contribution in [0.4, 0.5) is 0 Å². The topological polar surface area (TPSA) is 206 Å². The number of rotatable bonds is 13. The van der Waals surface area contributed by atoms with Gasteiger partial charge in [-0.3, -0.25) is 14.4 Å². The van der Waals surface area contributed by atoms with Gasteiger partial charge < -0.3 is 62.9 Å². The van der Waals surface area contributed by atoms with Crippen LogP contribution in [0.25, 0.3) is 0 Å². The number of carbonyl (C=O) groups excluding carboxylic acids is 4. The maximum atomic E-state index is 13.4. The van der Waals surface area contributed by atoms with E-state index in [0.29, 0.717) is 6.42 Å². The van der Waals surface area contributed by atoms with Crippen LogP contribution in [0.5, 0.6) is 0 Å². The number of nitrogens with zero attached hydrogens (tertiary/aromatic N) is 1. The first-order valence-electron chi connectivity index (χ1n) is 21.0. The van der Waals surface area contributed by atoms with E-state index < -0.39 is 116 Å². The van der Waals surface area contributed by atoms with Gasteiger partial charge in [-0.15, -0.1) is 0 Å². The van der Waals surface area contributed by atoms with Gasteiger partial charge in [0.05, 0.1) is 36.9 Å². The molecule has 3 rings (SSSR count). The van der Waals surface area contributed by atoms with Gasteiger partial charge in [-0.25, -0.2) is 0 Å². The lowest BCUT2D eigenvalue weighted by Gasteiger charge is -2.50. The van der Waals surface area contributed by atoms with Crippen molar-refractivity contribution in [1.29, 1.82) is 0 Å². The zero-order valence-corrected chi connectivity index (χ0v) is 36.8. The molecule has 0 spiro atoms. The second-order valence-electron chi connectivity index (χ2n) is 17.2. The summed E-state index contributed by atoms with van der Waals surface area (Å²) in [6.07, 6.45) is -3.91. The summed E-state index contributed by atoms with van der Waals surface area (Å²) in [5.41, 5.74) is -1.50. The minimum absolute atomic E-state index is 0.00123. The largest absolute Gasteiger partial charge is 0.462 e. The number of ether oxygens (including phenoxy) is 8. The van der Waals surface area contributed by atoms with Crippen LogP contribution < -0.4 is 0 Å². The molecule has 0 aromatic heterocycles. The highest BCUT2D eigenvalue weighted by Crippen LogP contribution is 2.37. The molecule has 0 radical (unpaired) electrons. The molecule has 16 heteroatoms. The maximum Gasteiger partial charge on any atom is 0.309 e. The number of aldehydes is 1. The monoisotopic (exact) mass is 841 g/mol. The Labute approximate surface area is 349 Å². The average molecular weight is 842 g/mol. The van der Waals surface area contributed by atoms with E-state index >= 15 is 0 Å². The van der Waals surface area contributed by atoms with Crippen LogP contribution in [0.2, 0.25) is 0 Å². The third-order valence-electron chi connectivity index (χ3n) is 11.0. The van der Waals surface area contributed by atoms with Crippen molar-refractivity contribution in [2.45, 2.75) is 186 Å². The predicted octanol–water partition coefficient (Wildman–Crippen LogP) is 3.40. The lowest BCUT2D eigenvalue weighted by molar-refractivity contribution is -0.344. The molecule has 16 unspecified atom stereocenters. The van der Waals surface area contributed by atoms with Crippen molar-refractivity contribution in [2.75, 3.05) is 21.2 Å². The molecule has 0 aromatic rings. The van der Waals surface area contributed by atoms with Crippen molar-refractivity contribution >= 4 is 24.2 Å². The Morgan fingerprint density at radius 3 is 2.24 bits per heavy atom. The molecule has 3 aliphatic heterocycles. The van der Waals surface area contributed by atoms with E-state index in [1.807, 2.05) is 26.8 Å². The van der Waals surface area contributed by atoms with Crippen LogP contribution in [0.15, 0.2) is 24.3 Å². The lowest BCUT2D eigenvalue weighted by atomic mass is 9.84. The summed E-state index contributed by atoms with van der Waals surface area (Å²) in [4.78, 5) is 52.8. The summed E-state index contributed by atoms with van der Waals surface area (Å²) >= 11 is 0. The quantitative estimate of drug-likeness (QED) is 0.138. The number of hydrogen-bond acceptors (Lipinski definition) is 16. The van der Waals surface area contributed by atoms with Crippen molar-refractivity contribution < 1.29 is 72.4 Å². The smallest absolute Gasteiger partial charge is 0.309 e. The van der Waals surface area contributed by atoms with Crippen molar-refractivity contribution in [3.05, 3.63) is 24.3 Å². The molecule has 0 amide bonds. The van der Waals surface area contributed by atoms with E-state index in [1.165, 1.54) is 7.11 Å². The molecule has 0 saturated carbocycles. The third-order valence-corrected chi connectivity index (χ3v) is 11.0. The molecular formula is C43H71NO15. The second kappa shape index (κ2) is 23.4. The summed E-state index contributed by atoms with van der Waals surface area (Å²) < 4.78 is 48.9. The van der Waals surface area contributed by atoms with Gasteiger partial charge in [0.25, 0.3) is 0 Å². The first-order valence-corrected chi connectivity index (χ1v) is 21.0. The van der Waals surface area contributed by atoms with Gasteiger partial charge in [0.15, 0.2) is 18.7 Å². The van der Waals surface area contributed by atoms with E-state index in [-0.39, 0.29) is 43.9 Å². The minimum atomic E-state index is -1.50. The first-order chi connectivity index (χ1) is 27.7. The molecule has 3 N–H and O–H groups in total. The number of allylic oxidation sites excluding steroid dienone is 3. The fourth-order valence-corrected chi connectivity index (χ4v) is 8.21. The fraction of sp³-hybridized carbons (Fsp3) is 0.814. The van der Waals surface area contributed by atoms with Crippen molar-refractivity contribution in [1.82, 2.24) is 4.90 Å². The molecule has 2 saturated heterocycles. The summed E-state index contributed by atoms with van der Waals surface area (Å²) in [7, 11) is 4.90. The first kappa shape index (κ1) is 50.6. The number of cyclic esters (lactones) is 1. The average Bonchev–Trinajstić information content (AvgIpc) is 3.12. The molecule has 0 aromatic carbocycles. The molecule has 2 fully saturated rings. The van der Waals surface area contributed by atoms with E-state index in [2.05, 4.69) is 0 Å². The minimum Gasteiger partial charge on any atom is -0.462 e. The van der Waals surface area contributed by atoms with Gasteiger partial charge in [0.2, 0.25) is 0 Å². The molecule has 3 heterocycles. The number of likely N-dealkylation sites (N-methyl/N-ethyl adjacent to an activating group) is 1. The Morgan fingerprint density at radius 1 is 0.966 bits per heavy atom. The Hall–Kier alpha value is -2.80.